The van der Waals surface area contributed by atoms with Gasteiger partial charge in [0.05, 0.1) is 5.56 Å². The number of halogens is 1. The Morgan fingerprint density at radius 3 is 2.45 bits per heavy atom. The molecule has 0 saturated carbocycles. The van der Waals surface area contributed by atoms with Crippen molar-refractivity contribution >= 4 is 17.4 Å². The summed E-state index contributed by atoms with van der Waals surface area (Å²) < 4.78 is 11.1. The van der Waals surface area contributed by atoms with Gasteiger partial charge < -0.3 is 15.2 Å². The van der Waals surface area contributed by atoms with Crippen LogP contribution in [0.5, 0.6) is 11.5 Å². The topological polar surface area (TPSA) is 68.3 Å². The Hall–Kier alpha value is -2.20. The molecule has 0 radical (unpaired) electrons. The number of ether oxygens (including phenoxy) is 2. The molecular weight excluding hydrogens is 276 g/mol. The number of nitrogens with two attached hydrogens (primary N) is 1. The molecule has 0 amide bonds. The summed E-state index contributed by atoms with van der Waals surface area (Å²) >= 11 is 5.87. The summed E-state index contributed by atoms with van der Waals surface area (Å²) in [6.07, 6.45) is 0. The number of rotatable bonds is 6. The van der Waals surface area contributed by atoms with Gasteiger partial charge in [0.1, 0.15) is 30.5 Å². The number of benzene rings is 2. The maximum atomic E-state index is 7.50. The lowest BCUT2D eigenvalue weighted by atomic mass is 10.2. The van der Waals surface area contributed by atoms with Crippen molar-refractivity contribution in [1.29, 1.82) is 5.41 Å². The first-order chi connectivity index (χ1) is 9.66. The van der Waals surface area contributed by atoms with Gasteiger partial charge in [-0.15, -0.1) is 0 Å². The molecule has 0 aromatic heterocycles. The van der Waals surface area contributed by atoms with Crippen LogP contribution in [0, 0.1) is 5.41 Å². The average Bonchev–Trinajstić information content (AvgIpc) is 2.45. The van der Waals surface area contributed by atoms with Gasteiger partial charge in [0, 0.05) is 5.02 Å². The van der Waals surface area contributed by atoms with E-state index in [1.165, 1.54) is 0 Å². The second-order valence-electron chi connectivity index (χ2n) is 4.06. The van der Waals surface area contributed by atoms with Gasteiger partial charge in [-0.3, -0.25) is 5.41 Å². The first-order valence-electron chi connectivity index (χ1n) is 6.11. The van der Waals surface area contributed by atoms with E-state index in [4.69, 9.17) is 32.2 Å². The molecule has 2 aromatic rings. The van der Waals surface area contributed by atoms with Crippen LogP contribution in [0.25, 0.3) is 0 Å². The molecule has 0 saturated heterocycles. The Kier molecular flexibility index (Phi) is 4.85. The minimum Gasteiger partial charge on any atom is -0.490 e. The lowest BCUT2D eigenvalue weighted by molar-refractivity contribution is 0.217. The molecule has 0 bridgehead atoms. The fourth-order valence-corrected chi connectivity index (χ4v) is 1.84. The molecule has 3 N–H and O–H groups in total. The fraction of sp³-hybridized carbons (Fsp3) is 0.133. The Balaban J connectivity index is 1.90. The fourth-order valence-electron chi connectivity index (χ4n) is 1.67. The molecule has 5 heteroatoms. The van der Waals surface area contributed by atoms with Crippen molar-refractivity contribution in [2.24, 2.45) is 5.73 Å². The van der Waals surface area contributed by atoms with Crippen LogP contribution in [-0.2, 0) is 0 Å². The molecular formula is C15H15ClN2O2. The maximum Gasteiger partial charge on any atom is 0.130 e. The normalized spacial score (nSPS) is 10.1. The van der Waals surface area contributed by atoms with Crippen molar-refractivity contribution in [2.45, 2.75) is 0 Å². The third-order valence-electron chi connectivity index (χ3n) is 2.58. The predicted molar refractivity (Wildman–Crippen MR) is 79.9 cm³/mol. The van der Waals surface area contributed by atoms with Gasteiger partial charge in [0.2, 0.25) is 0 Å². The highest BCUT2D eigenvalue weighted by Gasteiger charge is 2.07. The smallest absolute Gasteiger partial charge is 0.130 e. The first-order valence-corrected chi connectivity index (χ1v) is 6.49. The highest BCUT2D eigenvalue weighted by molar-refractivity contribution is 6.31. The molecule has 0 fully saturated rings. The summed E-state index contributed by atoms with van der Waals surface area (Å²) in [5, 5.41) is 8.01. The van der Waals surface area contributed by atoms with Gasteiger partial charge >= 0.3 is 0 Å². The third kappa shape index (κ3) is 3.90. The Bertz CT molecular complexity index is 588. The minimum absolute atomic E-state index is 0.0773. The zero-order valence-electron chi connectivity index (χ0n) is 10.8. The van der Waals surface area contributed by atoms with Crippen LogP contribution in [0.4, 0.5) is 0 Å². The molecule has 20 heavy (non-hydrogen) atoms. The maximum absolute atomic E-state index is 7.50. The molecule has 0 atom stereocenters. The van der Waals surface area contributed by atoms with E-state index in [1.807, 2.05) is 30.3 Å². The van der Waals surface area contributed by atoms with Crippen molar-refractivity contribution < 1.29 is 9.47 Å². The largest absolute Gasteiger partial charge is 0.490 e. The molecule has 0 heterocycles. The summed E-state index contributed by atoms with van der Waals surface area (Å²) in [7, 11) is 0. The third-order valence-corrected chi connectivity index (χ3v) is 2.82. The van der Waals surface area contributed by atoms with Gasteiger partial charge in [-0.2, -0.15) is 0 Å². The van der Waals surface area contributed by atoms with E-state index < -0.39 is 0 Å². The summed E-state index contributed by atoms with van der Waals surface area (Å²) in [4.78, 5) is 0. The first kappa shape index (κ1) is 14.2. The van der Waals surface area contributed by atoms with Crippen LogP contribution in [0.3, 0.4) is 0 Å². The Morgan fingerprint density at radius 2 is 1.75 bits per heavy atom. The molecule has 0 aliphatic carbocycles. The molecule has 104 valence electrons. The summed E-state index contributed by atoms with van der Waals surface area (Å²) in [5.41, 5.74) is 5.98. The van der Waals surface area contributed by atoms with E-state index in [0.717, 1.165) is 5.75 Å². The molecule has 4 nitrogen and oxygen atoms in total. The molecule has 2 aromatic carbocycles. The van der Waals surface area contributed by atoms with Crippen LogP contribution in [0.1, 0.15) is 5.56 Å². The highest BCUT2D eigenvalue weighted by atomic mass is 35.5. The van der Waals surface area contributed by atoms with Crippen LogP contribution in [0.15, 0.2) is 48.5 Å². The lowest BCUT2D eigenvalue weighted by Gasteiger charge is -2.11. The van der Waals surface area contributed by atoms with E-state index in [0.29, 0.717) is 29.5 Å². The molecule has 0 unspecified atom stereocenters. The Labute approximate surface area is 122 Å². The van der Waals surface area contributed by atoms with E-state index in [-0.39, 0.29) is 5.84 Å². The number of amidine groups is 1. The monoisotopic (exact) mass is 290 g/mol. The number of nitrogen functional groups attached to an aromatic ring is 1. The molecule has 2 rings (SSSR count). The minimum atomic E-state index is -0.0773. The second kappa shape index (κ2) is 6.82. The summed E-state index contributed by atoms with van der Waals surface area (Å²) in [5.74, 6) is 1.24. The highest BCUT2D eigenvalue weighted by Crippen LogP contribution is 2.22. The van der Waals surface area contributed by atoms with E-state index >= 15 is 0 Å². The van der Waals surface area contributed by atoms with Crippen molar-refractivity contribution in [2.75, 3.05) is 13.2 Å². The van der Waals surface area contributed by atoms with Crippen molar-refractivity contribution in [3.63, 3.8) is 0 Å². The average molecular weight is 291 g/mol. The molecule has 0 aliphatic heterocycles. The number of nitrogens with one attached hydrogen (secondary N) is 1. The van der Waals surface area contributed by atoms with Gasteiger partial charge in [-0.05, 0) is 30.3 Å². The van der Waals surface area contributed by atoms with E-state index in [1.54, 1.807) is 18.2 Å². The lowest BCUT2D eigenvalue weighted by Crippen LogP contribution is -2.15. The van der Waals surface area contributed by atoms with Crippen molar-refractivity contribution in [3.8, 4) is 11.5 Å². The van der Waals surface area contributed by atoms with Crippen LogP contribution < -0.4 is 15.2 Å². The van der Waals surface area contributed by atoms with Crippen LogP contribution in [0.2, 0.25) is 5.02 Å². The van der Waals surface area contributed by atoms with Gasteiger partial charge in [0.15, 0.2) is 0 Å². The van der Waals surface area contributed by atoms with Crippen molar-refractivity contribution in [1.82, 2.24) is 0 Å². The zero-order chi connectivity index (χ0) is 14.4. The number of para-hydroxylation sites is 1. The standard InChI is InChI=1S/C15H15ClN2O2/c16-11-6-7-14(13(10-11)15(17)18)20-9-8-19-12-4-2-1-3-5-12/h1-7,10H,8-9H2,(H3,17,18). The molecule has 0 aliphatic rings. The van der Waals surface area contributed by atoms with E-state index in [2.05, 4.69) is 0 Å². The summed E-state index contributed by atoms with van der Waals surface area (Å²) in [6.45, 7) is 0.765. The Morgan fingerprint density at radius 1 is 1.05 bits per heavy atom. The number of hydrogen-bond acceptors (Lipinski definition) is 3. The quantitative estimate of drug-likeness (QED) is 0.488. The SMILES string of the molecule is N=C(N)c1cc(Cl)ccc1OCCOc1ccccc1. The summed E-state index contributed by atoms with van der Waals surface area (Å²) in [6, 6.07) is 14.5. The second-order valence-corrected chi connectivity index (χ2v) is 4.50. The van der Waals surface area contributed by atoms with Gasteiger partial charge in [-0.1, -0.05) is 29.8 Å². The predicted octanol–water partition coefficient (Wildman–Crippen LogP) is 3.08. The van der Waals surface area contributed by atoms with Gasteiger partial charge in [-0.25, -0.2) is 0 Å². The zero-order valence-corrected chi connectivity index (χ0v) is 11.6. The van der Waals surface area contributed by atoms with Crippen LogP contribution >= 0.6 is 11.6 Å². The van der Waals surface area contributed by atoms with Crippen molar-refractivity contribution in [3.05, 3.63) is 59.1 Å². The van der Waals surface area contributed by atoms with E-state index in [9.17, 15) is 0 Å². The molecule has 0 spiro atoms. The number of hydrogen-bond donors (Lipinski definition) is 2. The van der Waals surface area contributed by atoms with Gasteiger partial charge in [0.25, 0.3) is 0 Å². The van der Waals surface area contributed by atoms with Crippen LogP contribution in [-0.4, -0.2) is 19.0 Å².